The Bertz CT molecular complexity index is 1170. The Labute approximate surface area is 228 Å². The summed E-state index contributed by atoms with van der Waals surface area (Å²) >= 11 is 0. The molecule has 0 amide bonds. The van der Waals surface area contributed by atoms with Crippen molar-refractivity contribution in [1.82, 2.24) is 0 Å². The van der Waals surface area contributed by atoms with Crippen molar-refractivity contribution >= 4 is 0 Å². The summed E-state index contributed by atoms with van der Waals surface area (Å²) in [7, 11) is 0. The summed E-state index contributed by atoms with van der Waals surface area (Å²) in [5.74, 6) is -11.3. The van der Waals surface area contributed by atoms with E-state index in [1.807, 2.05) is 0 Å². The average molecular weight is 600 g/mol. The third kappa shape index (κ3) is 7.79. The van der Waals surface area contributed by atoms with E-state index in [4.69, 9.17) is 14.2 Å². The fourth-order valence-electron chi connectivity index (χ4n) is 4.71. The molecular weight excluding hydrogens is 575 g/mol. The first-order chi connectivity index (χ1) is 19.3. The minimum atomic E-state index is -5.36. The zero-order valence-corrected chi connectivity index (χ0v) is 21.3. The second-order valence-corrected chi connectivity index (χ2v) is 9.75. The fourth-order valence-corrected chi connectivity index (χ4v) is 4.71. The van der Waals surface area contributed by atoms with Crippen LogP contribution in [0.4, 0.5) is 39.5 Å². The maximum atomic E-state index is 14.9. The Morgan fingerprint density at radius 1 is 0.780 bits per heavy atom. The highest BCUT2D eigenvalue weighted by Gasteiger charge is 2.46. The number of hydrogen-bond donors (Lipinski definition) is 0. The first kappa shape index (κ1) is 30.8. The van der Waals surface area contributed by atoms with Crippen LogP contribution in [0.2, 0.25) is 0 Å². The molecule has 0 radical (unpaired) electrons. The van der Waals surface area contributed by atoms with Gasteiger partial charge in [-0.05, 0) is 43.4 Å². The molecule has 2 aromatic rings. The Balaban J connectivity index is 1.34. The van der Waals surface area contributed by atoms with Gasteiger partial charge in [0.1, 0.15) is 12.4 Å². The van der Waals surface area contributed by atoms with E-state index in [0.717, 1.165) is 0 Å². The Hall–Kier alpha value is -3.13. The van der Waals surface area contributed by atoms with Gasteiger partial charge in [-0.15, -0.1) is 19.8 Å². The van der Waals surface area contributed by atoms with E-state index >= 15 is 0 Å². The first-order valence-electron chi connectivity index (χ1n) is 12.5. The van der Waals surface area contributed by atoms with Gasteiger partial charge in [0.25, 0.3) is 0 Å². The number of hydrogen-bond acceptors (Lipinski definition) is 5. The first-order valence-corrected chi connectivity index (χ1v) is 12.5. The molecule has 226 valence electrons. The van der Waals surface area contributed by atoms with Gasteiger partial charge in [0, 0.05) is 24.0 Å². The number of benzene rings is 2. The second kappa shape index (κ2) is 12.4. The molecule has 0 aromatic heterocycles. The predicted molar refractivity (Wildman–Crippen MR) is 124 cm³/mol. The summed E-state index contributed by atoms with van der Waals surface area (Å²) in [5.41, 5.74) is -0.430. The van der Waals surface area contributed by atoms with Crippen molar-refractivity contribution in [2.75, 3.05) is 13.2 Å². The van der Waals surface area contributed by atoms with Crippen molar-refractivity contribution in [3.8, 4) is 17.2 Å². The highest BCUT2D eigenvalue weighted by Crippen LogP contribution is 2.42. The van der Waals surface area contributed by atoms with Crippen LogP contribution >= 0.6 is 0 Å². The minimum absolute atomic E-state index is 0.0534. The maximum absolute atomic E-state index is 14.9. The van der Waals surface area contributed by atoms with E-state index in [-0.39, 0.29) is 24.7 Å². The predicted octanol–water partition coefficient (Wildman–Crippen LogP) is 7.67. The molecular formula is C27H25F9O5. The van der Waals surface area contributed by atoms with Crippen molar-refractivity contribution < 1.29 is 63.2 Å². The quantitative estimate of drug-likeness (QED) is 0.218. The highest BCUT2D eigenvalue weighted by atomic mass is 19.4. The monoisotopic (exact) mass is 600 g/mol. The molecule has 2 aromatic carbocycles. The molecule has 14 heteroatoms. The van der Waals surface area contributed by atoms with Gasteiger partial charge in [0.2, 0.25) is 5.75 Å². The van der Waals surface area contributed by atoms with Crippen LogP contribution in [0.1, 0.15) is 31.2 Å². The molecule has 2 fully saturated rings. The summed E-state index contributed by atoms with van der Waals surface area (Å²) in [6.45, 7) is 3.66. The normalized spacial score (nSPS) is 23.6. The lowest BCUT2D eigenvalue weighted by Gasteiger charge is -2.38. The largest absolute Gasteiger partial charge is 0.573 e. The number of ether oxygens (including phenoxy) is 5. The molecule has 5 nitrogen and oxygen atoms in total. The summed E-state index contributed by atoms with van der Waals surface area (Å²) in [6, 6.07) is 1.74. The molecule has 1 saturated heterocycles. The molecule has 0 spiro atoms. The molecule has 41 heavy (non-hydrogen) atoms. The van der Waals surface area contributed by atoms with Gasteiger partial charge < -0.3 is 23.7 Å². The van der Waals surface area contributed by atoms with Gasteiger partial charge in [-0.3, -0.25) is 0 Å². The molecule has 0 unspecified atom stereocenters. The van der Waals surface area contributed by atoms with E-state index in [1.54, 1.807) is 6.08 Å². The SMILES string of the molecule is C=CC1COC(C2CCC(C(F)(F)Oc3cc(F)c(OCc4cc(F)c(OC(F)(F)F)c(F)c4)c(F)c3)CC2)OC1. The van der Waals surface area contributed by atoms with Gasteiger partial charge in [0.05, 0.1) is 19.1 Å². The smallest absolute Gasteiger partial charge is 0.483 e. The van der Waals surface area contributed by atoms with Crippen LogP contribution < -0.4 is 14.2 Å². The van der Waals surface area contributed by atoms with Gasteiger partial charge in [-0.25, -0.2) is 17.6 Å². The molecule has 1 heterocycles. The van der Waals surface area contributed by atoms with Crippen molar-refractivity contribution in [2.24, 2.45) is 17.8 Å². The van der Waals surface area contributed by atoms with E-state index in [9.17, 15) is 39.5 Å². The second-order valence-electron chi connectivity index (χ2n) is 9.75. The minimum Gasteiger partial charge on any atom is -0.483 e. The standard InChI is InChI=1S/C27H25F9O5/c1-2-14-11-38-25(39-12-14)16-3-5-17(6-4-16)26(32,33)40-18-9-21(30)23(22(31)10-18)37-13-15-7-19(28)24(20(29)8-15)41-27(34,35)36/h2,7-10,14,16-17,25H,1,3-6,11-13H2. The van der Waals surface area contributed by atoms with E-state index in [2.05, 4.69) is 16.1 Å². The van der Waals surface area contributed by atoms with Crippen LogP contribution in [0.5, 0.6) is 17.2 Å². The van der Waals surface area contributed by atoms with E-state index in [1.165, 1.54) is 0 Å². The average Bonchev–Trinajstić information content (AvgIpc) is 2.90. The summed E-state index contributed by atoms with van der Waals surface area (Å²) in [4.78, 5) is 0. The molecule has 2 aliphatic rings. The lowest BCUT2D eigenvalue weighted by atomic mass is 9.80. The topological polar surface area (TPSA) is 46.2 Å². The third-order valence-electron chi connectivity index (χ3n) is 6.80. The third-order valence-corrected chi connectivity index (χ3v) is 6.80. The summed E-state index contributed by atoms with van der Waals surface area (Å²) in [5, 5.41) is 0. The Morgan fingerprint density at radius 2 is 1.32 bits per heavy atom. The van der Waals surface area contributed by atoms with Crippen molar-refractivity contribution in [2.45, 2.75) is 51.1 Å². The van der Waals surface area contributed by atoms with Crippen LogP contribution in [0.3, 0.4) is 0 Å². The molecule has 0 N–H and O–H groups in total. The lowest BCUT2D eigenvalue weighted by Crippen LogP contribution is -2.41. The molecule has 0 bridgehead atoms. The van der Waals surface area contributed by atoms with Crippen LogP contribution in [0.15, 0.2) is 36.9 Å². The van der Waals surface area contributed by atoms with Gasteiger partial charge in [-0.1, -0.05) is 6.08 Å². The van der Waals surface area contributed by atoms with Crippen LogP contribution in [0, 0.1) is 41.0 Å². The lowest BCUT2D eigenvalue weighted by molar-refractivity contribution is -0.276. The van der Waals surface area contributed by atoms with Gasteiger partial charge in [-0.2, -0.15) is 8.78 Å². The van der Waals surface area contributed by atoms with Gasteiger partial charge >= 0.3 is 12.5 Å². The number of rotatable bonds is 9. The van der Waals surface area contributed by atoms with E-state index in [0.29, 0.717) is 50.3 Å². The van der Waals surface area contributed by atoms with Crippen molar-refractivity contribution in [3.05, 3.63) is 65.8 Å². The van der Waals surface area contributed by atoms with Crippen molar-refractivity contribution in [1.29, 1.82) is 0 Å². The molecule has 1 saturated carbocycles. The summed E-state index contributed by atoms with van der Waals surface area (Å²) < 4.78 is 148. The molecule has 1 aliphatic carbocycles. The van der Waals surface area contributed by atoms with Crippen LogP contribution in [-0.2, 0) is 16.1 Å². The van der Waals surface area contributed by atoms with Gasteiger partial charge in [0.15, 0.2) is 35.3 Å². The molecule has 1 aliphatic heterocycles. The zero-order valence-electron chi connectivity index (χ0n) is 21.3. The fraction of sp³-hybridized carbons (Fsp3) is 0.481. The Morgan fingerprint density at radius 3 is 1.83 bits per heavy atom. The number of halogens is 9. The Kier molecular flexibility index (Phi) is 9.32. The zero-order chi connectivity index (χ0) is 29.9. The maximum Gasteiger partial charge on any atom is 0.573 e. The molecule has 0 atom stereocenters. The summed E-state index contributed by atoms with van der Waals surface area (Å²) in [6.07, 6.45) is -7.06. The number of alkyl halides is 5. The van der Waals surface area contributed by atoms with Crippen LogP contribution in [-0.4, -0.2) is 32.0 Å². The van der Waals surface area contributed by atoms with Crippen molar-refractivity contribution in [3.63, 3.8) is 0 Å². The van der Waals surface area contributed by atoms with Crippen LogP contribution in [0.25, 0.3) is 0 Å². The molecule has 4 rings (SSSR count). The highest BCUT2D eigenvalue weighted by molar-refractivity contribution is 5.36. The van der Waals surface area contributed by atoms with E-state index < -0.39 is 77.4 Å².